The second-order valence-corrected chi connectivity index (χ2v) is 10.9. The quantitative estimate of drug-likeness (QED) is 0.265. The van der Waals surface area contributed by atoms with E-state index in [1.165, 1.54) is 24.3 Å². The molecule has 0 atom stereocenters. The van der Waals surface area contributed by atoms with Crippen LogP contribution in [-0.2, 0) is 16.4 Å². The number of amides is 1. The summed E-state index contributed by atoms with van der Waals surface area (Å²) in [5.74, 6) is -0.505. The highest BCUT2D eigenvalue weighted by Gasteiger charge is 2.20. The number of benzene rings is 3. The van der Waals surface area contributed by atoms with Crippen LogP contribution in [0.15, 0.2) is 80.8 Å². The SMILES string of the molecule is Cc1ccccc1S(=O)(=O)Nc1ccc2c(O)c(NC(=O)c3cccc(CCC(C)C)c3)c(=O)oc2c1. The Morgan fingerprint density at radius 1 is 1.03 bits per heavy atom. The molecule has 0 radical (unpaired) electrons. The molecule has 0 aliphatic heterocycles. The topological polar surface area (TPSA) is 126 Å². The fourth-order valence-corrected chi connectivity index (χ4v) is 5.23. The predicted octanol–water partition coefficient (Wildman–Crippen LogP) is 5.45. The van der Waals surface area contributed by atoms with Crippen molar-refractivity contribution in [2.45, 2.75) is 38.5 Å². The highest BCUT2D eigenvalue weighted by Crippen LogP contribution is 2.32. The number of carbonyl (C=O) groups is 1. The summed E-state index contributed by atoms with van der Waals surface area (Å²) in [6.45, 7) is 5.94. The lowest BCUT2D eigenvalue weighted by Crippen LogP contribution is -2.18. The van der Waals surface area contributed by atoms with Crippen molar-refractivity contribution in [3.05, 3.63) is 93.8 Å². The molecule has 0 unspecified atom stereocenters. The molecule has 1 heterocycles. The van der Waals surface area contributed by atoms with Gasteiger partial charge in [-0.1, -0.05) is 44.2 Å². The lowest BCUT2D eigenvalue weighted by molar-refractivity contribution is 0.102. The van der Waals surface area contributed by atoms with E-state index in [1.807, 2.05) is 6.07 Å². The molecule has 0 aliphatic rings. The molecule has 3 N–H and O–H groups in total. The van der Waals surface area contributed by atoms with E-state index in [2.05, 4.69) is 23.9 Å². The minimum Gasteiger partial charge on any atom is -0.505 e. The number of hydrogen-bond acceptors (Lipinski definition) is 6. The minimum absolute atomic E-state index is 0.0406. The van der Waals surface area contributed by atoms with E-state index in [0.717, 1.165) is 18.4 Å². The maximum absolute atomic E-state index is 12.8. The van der Waals surface area contributed by atoms with Crippen molar-refractivity contribution < 1.29 is 22.7 Å². The van der Waals surface area contributed by atoms with Gasteiger partial charge in [-0.05, 0) is 67.1 Å². The van der Waals surface area contributed by atoms with Gasteiger partial charge in [0.1, 0.15) is 5.58 Å². The van der Waals surface area contributed by atoms with Crippen molar-refractivity contribution in [2.75, 3.05) is 10.0 Å². The molecule has 37 heavy (non-hydrogen) atoms. The summed E-state index contributed by atoms with van der Waals surface area (Å²) in [7, 11) is -3.89. The van der Waals surface area contributed by atoms with Gasteiger partial charge in [0.15, 0.2) is 11.4 Å². The first-order valence-electron chi connectivity index (χ1n) is 11.8. The average molecular weight is 521 g/mol. The molecule has 0 saturated carbocycles. The average Bonchev–Trinajstić information content (AvgIpc) is 2.85. The molecule has 0 fully saturated rings. The van der Waals surface area contributed by atoms with Crippen molar-refractivity contribution in [1.82, 2.24) is 0 Å². The Labute approximate surface area is 215 Å². The summed E-state index contributed by atoms with van der Waals surface area (Å²) in [5.41, 5.74) is 0.671. The van der Waals surface area contributed by atoms with Crippen LogP contribution in [0.2, 0.25) is 0 Å². The fraction of sp³-hybridized carbons (Fsp3) is 0.214. The van der Waals surface area contributed by atoms with Crippen molar-refractivity contribution in [3.63, 3.8) is 0 Å². The van der Waals surface area contributed by atoms with E-state index >= 15 is 0 Å². The first-order valence-corrected chi connectivity index (χ1v) is 13.3. The lowest BCUT2D eigenvalue weighted by Gasteiger charge is -2.12. The standard InChI is InChI=1S/C28H28N2O6S/c1-17(2)11-12-19-8-6-9-20(15-19)27(32)29-25-26(31)22-14-13-21(16-23(22)36-28(25)33)30-37(34,35)24-10-5-4-7-18(24)3/h4-10,13-17,30-31H,11-12H2,1-3H3,(H,29,32). The Hall–Kier alpha value is -4.11. The van der Waals surface area contributed by atoms with E-state index in [0.29, 0.717) is 17.0 Å². The summed E-state index contributed by atoms with van der Waals surface area (Å²) in [6.07, 6.45) is 1.79. The summed E-state index contributed by atoms with van der Waals surface area (Å²) < 4.78 is 33.4. The Kier molecular flexibility index (Phi) is 7.35. The largest absolute Gasteiger partial charge is 0.505 e. The van der Waals surface area contributed by atoms with Crippen molar-refractivity contribution in [2.24, 2.45) is 5.92 Å². The van der Waals surface area contributed by atoms with E-state index in [4.69, 9.17) is 4.42 Å². The van der Waals surface area contributed by atoms with Crippen LogP contribution in [0.4, 0.5) is 11.4 Å². The second kappa shape index (κ2) is 10.5. The number of rotatable bonds is 8. The van der Waals surface area contributed by atoms with Gasteiger partial charge < -0.3 is 14.8 Å². The van der Waals surface area contributed by atoms with Crippen LogP contribution < -0.4 is 15.7 Å². The van der Waals surface area contributed by atoms with E-state index in [1.54, 1.807) is 43.3 Å². The zero-order valence-corrected chi connectivity index (χ0v) is 21.6. The molecule has 0 aliphatic carbocycles. The van der Waals surface area contributed by atoms with Crippen molar-refractivity contribution in [3.8, 4) is 5.75 Å². The molecule has 4 rings (SSSR count). The highest BCUT2D eigenvalue weighted by molar-refractivity contribution is 7.92. The van der Waals surface area contributed by atoms with Gasteiger partial charge in [-0.25, -0.2) is 13.2 Å². The molecule has 0 saturated heterocycles. The number of aromatic hydroxyl groups is 1. The molecule has 1 amide bonds. The third-order valence-corrected chi connectivity index (χ3v) is 7.50. The summed E-state index contributed by atoms with van der Waals surface area (Å²) in [5, 5.41) is 13.3. The summed E-state index contributed by atoms with van der Waals surface area (Å²) in [4.78, 5) is 25.6. The minimum atomic E-state index is -3.89. The van der Waals surface area contributed by atoms with Crippen LogP contribution >= 0.6 is 0 Å². The monoisotopic (exact) mass is 520 g/mol. The molecule has 1 aromatic heterocycles. The molecular weight excluding hydrogens is 492 g/mol. The maximum Gasteiger partial charge on any atom is 0.364 e. The van der Waals surface area contributed by atoms with E-state index in [9.17, 15) is 23.1 Å². The molecule has 0 bridgehead atoms. The first-order chi connectivity index (χ1) is 17.5. The van der Waals surface area contributed by atoms with Crippen LogP contribution in [0, 0.1) is 12.8 Å². The Morgan fingerprint density at radius 2 is 1.78 bits per heavy atom. The number of nitrogens with one attached hydrogen (secondary N) is 2. The molecule has 4 aromatic rings. The molecule has 192 valence electrons. The van der Waals surface area contributed by atoms with Gasteiger partial charge >= 0.3 is 5.63 Å². The fourth-order valence-electron chi connectivity index (χ4n) is 3.94. The van der Waals surface area contributed by atoms with Crippen LogP contribution in [-0.4, -0.2) is 19.4 Å². The Balaban J connectivity index is 1.60. The number of anilines is 2. The molecule has 3 aromatic carbocycles. The van der Waals surface area contributed by atoms with Crippen LogP contribution in [0.3, 0.4) is 0 Å². The maximum atomic E-state index is 12.8. The van der Waals surface area contributed by atoms with E-state index in [-0.39, 0.29) is 21.6 Å². The number of sulfonamides is 1. The normalized spacial score (nSPS) is 11.6. The van der Waals surface area contributed by atoms with Gasteiger partial charge in [-0.15, -0.1) is 0 Å². The lowest BCUT2D eigenvalue weighted by atomic mass is 10.0. The molecular formula is C28H28N2O6S. The van der Waals surface area contributed by atoms with Crippen LogP contribution in [0.5, 0.6) is 5.75 Å². The highest BCUT2D eigenvalue weighted by atomic mass is 32.2. The molecule has 8 nitrogen and oxygen atoms in total. The van der Waals surface area contributed by atoms with Gasteiger partial charge in [0.25, 0.3) is 15.9 Å². The summed E-state index contributed by atoms with van der Waals surface area (Å²) >= 11 is 0. The van der Waals surface area contributed by atoms with Crippen LogP contribution in [0.1, 0.15) is 41.8 Å². The van der Waals surface area contributed by atoms with Gasteiger partial charge in [0.2, 0.25) is 0 Å². The first kappa shape index (κ1) is 26.0. The zero-order valence-electron chi connectivity index (χ0n) is 20.7. The van der Waals surface area contributed by atoms with Gasteiger partial charge in [0, 0.05) is 11.6 Å². The number of fused-ring (bicyclic) bond motifs is 1. The van der Waals surface area contributed by atoms with Crippen molar-refractivity contribution in [1.29, 1.82) is 0 Å². The van der Waals surface area contributed by atoms with Gasteiger partial charge in [-0.3, -0.25) is 9.52 Å². The zero-order chi connectivity index (χ0) is 26.7. The Morgan fingerprint density at radius 3 is 2.51 bits per heavy atom. The Bertz CT molecular complexity index is 1640. The van der Waals surface area contributed by atoms with E-state index < -0.39 is 33.0 Å². The molecule has 9 heteroatoms. The number of carbonyl (C=O) groups excluding carboxylic acids is 1. The molecule has 0 spiro atoms. The predicted molar refractivity (Wildman–Crippen MR) is 144 cm³/mol. The third kappa shape index (κ3) is 5.83. The van der Waals surface area contributed by atoms with Crippen molar-refractivity contribution >= 4 is 38.3 Å². The smallest absolute Gasteiger partial charge is 0.364 e. The third-order valence-electron chi connectivity index (χ3n) is 5.95. The summed E-state index contributed by atoms with van der Waals surface area (Å²) in [6, 6.07) is 17.8. The van der Waals surface area contributed by atoms with Gasteiger partial charge in [-0.2, -0.15) is 0 Å². The van der Waals surface area contributed by atoms with Gasteiger partial charge in [0.05, 0.1) is 16.0 Å². The van der Waals surface area contributed by atoms with Crippen LogP contribution in [0.25, 0.3) is 11.0 Å². The second-order valence-electron chi connectivity index (χ2n) is 9.28. The number of hydrogen-bond donors (Lipinski definition) is 3. The number of aryl methyl sites for hydroxylation is 2.